The fourth-order valence-electron chi connectivity index (χ4n) is 2.26. The Balaban J connectivity index is 1.57. The SMILES string of the molecule is Clc1cccc2c(NCCCCn3cncn3)ccnc12. The van der Waals surface area contributed by atoms with Crippen LogP contribution in [0, 0.1) is 0 Å². The van der Waals surface area contributed by atoms with E-state index >= 15 is 0 Å². The molecular formula is C15H16ClN5. The van der Waals surface area contributed by atoms with E-state index in [-0.39, 0.29) is 0 Å². The number of para-hydroxylation sites is 1. The van der Waals surface area contributed by atoms with Crippen LogP contribution in [-0.2, 0) is 6.54 Å². The molecular weight excluding hydrogens is 286 g/mol. The number of hydrogen-bond acceptors (Lipinski definition) is 4. The molecule has 0 aliphatic heterocycles. The summed E-state index contributed by atoms with van der Waals surface area (Å²) < 4.78 is 1.85. The van der Waals surface area contributed by atoms with Crippen LogP contribution in [0.4, 0.5) is 5.69 Å². The second kappa shape index (κ2) is 6.54. The van der Waals surface area contributed by atoms with E-state index in [1.807, 2.05) is 28.9 Å². The maximum Gasteiger partial charge on any atom is 0.137 e. The average Bonchev–Trinajstić information content (AvgIpc) is 3.01. The summed E-state index contributed by atoms with van der Waals surface area (Å²) in [5, 5.41) is 9.28. The van der Waals surface area contributed by atoms with Gasteiger partial charge in [-0.05, 0) is 25.0 Å². The summed E-state index contributed by atoms with van der Waals surface area (Å²) in [5.41, 5.74) is 1.91. The van der Waals surface area contributed by atoms with Crippen LogP contribution in [-0.4, -0.2) is 26.3 Å². The second-order valence-corrected chi connectivity index (χ2v) is 5.19. The molecule has 108 valence electrons. The Hall–Kier alpha value is -2.14. The molecule has 6 heteroatoms. The number of benzene rings is 1. The molecule has 0 amide bonds. The van der Waals surface area contributed by atoms with Gasteiger partial charge in [-0.3, -0.25) is 9.67 Å². The zero-order valence-corrected chi connectivity index (χ0v) is 12.3. The molecule has 0 fully saturated rings. The minimum absolute atomic E-state index is 0.683. The number of aryl methyl sites for hydroxylation is 1. The van der Waals surface area contributed by atoms with Crippen LogP contribution in [0.2, 0.25) is 5.02 Å². The van der Waals surface area contributed by atoms with E-state index in [2.05, 4.69) is 20.4 Å². The molecule has 0 saturated heterocycles. The van der Waals surface area contributed by atoms with E-state index in [1.54, 1.807) is 18.9 Å². The number of fused-ring (bicyclic) bond motifs is 1. The number of halogens is 1. The summed E-state index contributed by atoms with van der Waals surface area (Å²) in [5.74, 6) is 0. The van der Waals surface area contributed by atoms with Crippen molar-refractivity contribution in [2.75, 3.05) is 11.9 Å². The van der Waals surface area contributed by atoms with Crippen molar-refractivity contribution in [1.82, 2.24) is 19.7 Å². The zero-order chi connectivity index (χ0) is 14.5. The Morgan fingerprint density at radius 1 is 1.19 bits per heavy atom. The summed E-state index contributed by atoms with van der Waals surface area (Å²) in [6.07, 6.45) is 7.20. The third kappa shape index (κ3) is 3.31. The Morgan fingerprint density at radius 2 is 2.14 bits per heavy atom. The molecule has 0 saturated carbocycles. The molecule has 3 aromatic rings. The van der Waals surface area contributed by atoms with Crippen LogP contribution in [0.3, 0.4) is 0 Å². The number of nitrogens with one attached hydrogen (secondary N) is 1. The van der Waals surface area contributed by atoms with E-state index in [0.717, 1.165) is 42.5 Å². The molecule has 1 aromatic carbocycles. The minimum atomic E-state index is 0.683. The molecule has 2 heterocycles. The maximum absolute atomic E-state index is 6.16. The molecule has 5 nitrogen and oxygen atoms in total. The number of unbranched alkanes of at least 4 members (excludes halogenated alkanes) is 1. The highest BCUT2D eigenvalue weighted by Gasteiger charge is 2.04. The summed E-state index contributed by atoms with van der Waals surface area (Å²) in [6.45, 7) is 1.80. The molecule has 0 unspecified atom stereocenters. The molecule has 0 atom stereocenters. The third-order valence-electron chi connectivity index (χ3n) is 3.32. The van der Waals surface area contributed by atoms with Gasteiger partial charge in [0.05, 0.1) is 10.5 Å². The lowest BCUT2D eigenvalue weighted by atomic mass is 10.2. The monoisotopic (exact) mass is 301 g/mol. The van der Waals surface area contributed by atoms with Gasteiger partial charge in [0, 0.05) is 30.4 Å². The van der Waals surface area contributed by atoms with Crippen LogP contribution in [0.1, 0.15) is 12.8 Å². The molecule has 2 aromatic heterocycles. The largest absolute Gasteiger partial charge is 0.384 e. The van der Waals surface area contributed by atoms with Gasteiger partial charge in [0.2, 0.25) is 0 Å². The molecule has 0 radical (unpaired) electrons. The van der Waals surface area contributed by atoms with Gasteiger partial charge in [0.15, 0.2) is 0 Å². The average molecular weight is 302 g/mol. The van der Waals surface area contributed by atoms with E-state index in [0.29, 0.717) is 5.02 Å². The Kier molecular flexibility index (Phi) is 4.31. The van der Waals surface area contributed by atoms with E-state index < -0.39 is 0 Å². The fourth-order valence-corrected chi connectivity index (χ4v) is 2.49. The smallest absolute Gasteiger partial charge is 0.137 e. The second-order valence-electron chi connectivity index (χ2n) is 4.79. The number of aromatic nitrogens is 4. The normalized spacial score (nSPS) is 10.9. The molecule has 1 N–H and O–H groups in total. The quantitative estimate of drug-likeness (QED) is 0.709. The number of hydrogen-bond donors (Lipinski definition) is 1. The predicted molar refractivity (Wildman–Crippen MR) is 84.5 cm³/mol. The molecule has 0 spiro atoms. The Morgan fingerprint density at radius 3 is 3.00 bits per heavy atom. The van der Waals surface area contributed by atoms with Crippen molar-refractivity contribution in [3.8, 4) is 0 Å². The molecule has 21 heavy (non-hydrogen) atoms. The number of anilines is 1. The number of rotatable bonds is 6. The fraction of sp³-hybridized carbons (Fsp3) is 0.267. The van der Waals surface area contributed by atoms with Crippen LogP contribution in [0.5, 0.6) is 0 Å². The van der Waals surface area contributed by atoms with E-state index in [1.165, 1.54) is 0 Å². The van der Waals surface area contributed by atoms with Gasteiger partial charge in [-0.1, -0.05) is 23.7 Å². The first kappa shape index (κ1) is 13.8. The molecule has 0 bridgehead atoms. The van der Waals surface area contributed by atoms with Gasteiger partial charge in [0.25, 0.3) is 0 Å². The van der Waals surface area contributed by atoms with Crippen molar-refractivity contribution < 1.29 is 0 Å². The lowest BCUT2D eigenvalue weighted by Crippen LogP contribution is -2.05. The number of pyridine rings is 1. The van der Waals surface area contributed by atoms with Crippen molar-refractivity contribution in [1.29, 1.82) is 0 Å². The molecule has 0 aliphatic rings. The summed E-state index contributed by atoms with van der Waals surface area (Å²) in [7, 11) is 0. The van der Waals surface area contributed by atoms with Gasteiger partial charge in [-0.2, -0.15) is 5.10 Å². The summed E-state index contributed by atoms with van der Waals surface area (Å²) in [6, 6.07) is 7.82. The third-order valence-corrected chi connectivity index (χ3v) is 3.62. The van der Waals surface area contributed by atoms with Gasteiger partial charge in [-0.25, -0.2) is 4.98 Å². The predicted octanol–water partition coefficient (Wildman–Crippen LogP) is 3.37. The maximum atomic E-state index is 6.16. The zero-order valence-electron chi connectivity index (χ0n) is 11.5. The van der Waals surface area contributed by atoms with Gasteiger partial charge >= 0.3 is 0 Å². The lowest BCUT2D eigenvalue weighted by Gasteiger charge is -2.10. The standard InChI is InChI=1S/C15H16ClN5/c16-13-5-3-4-12-14(6-8-19-15(12)13)18-7-1-2-9-21-11-17-10-20-21/h3-6,8,10-11H,1-2,7,9H2,(H,18,19). The van der Waals surface area contributed by atoms with Gasteiger partial charge in [-0.15, -0.1) is 0 Å². The minimum Gasteiger partial charge on any atom is -0.384 e. The first-order chi connectivity index (χ1) is 10.3. The number of nitrogens with zero attached hydrogens (tertiary/aromatic N) is 4. The van der Waals surface area contributed by atoms with Crippen LogP contribution in [0.15, 0.2) is 43.1 Å². The van der Waals surface area contributed by atoms with E-state index in [9.17, 15) is 0 Å². The van der Waals surface area contributed by atoms with Crippen molar-refractivity contribution >= 4 is 28.2 Å². The Bertz CT molecular complexity index is 711. The summed E-state index contributed by atoms with van der Waals surface area (Å²) in [4.78, 5) is 8.26. The van der Waals surface area contributed by atoms with Gasteiger partial charge in [0.1, 0.15) is 12.7 Å². The van der Waals surface area contributed by atoms with Crippen molar-refractivity contribution in [2.45, 2.75) is 19.4 Å². The van der Waals surface area contributed by atoms with Crippen LogP contribution in [0.25, 0.3) is 10.9 Å². The highest BCUT2D eigenvalue weighted by Crippen LogP contribution is 2.26. The van der Waals surface area contributed by atoms with Crippen LogP contribution < -0.4 is 5.32 Å². The first-order valence-electron chi connectivity index (χ1n) is 6.94. The van der Waals surface area contributed by atoms with Crippen LogP contribution >= 0.6 is 11.6 Å². The van der Waals surface area contributed by atoms with E-state index in [4.69, 9.17) is 11.6 Å². The molecule has 3 rings (SSSR count). The topological polar surface area (TPSA) is 55.6 Å². The highest BCUT2D eigenvalue weighted by atomic mass is 35.5. The van der Waals surface area contributed by atoms with Crippen molar-refractivity contribution in [3.63, 3.8) is 0 Å². The lowest BCUT2D eigenvalue weighted by molar-refractivity contribution is 0.564. The highest BCUT2D eigenvalue weighted by molar-refractivity contribution is 6.35. The summed E-state index contributed by atoms with van der Waals surface area (Å²) >= 11 is 6.16. The van der Waals surface area contributed by atoms with Gasteiger partial charge < -0.3 is 5.32 Å². The first-order valence-corrected chi connectivity index (χ1v) is 7.32. The van der Waals surface area contributed by atoms with Crippen molar-refractivity contribution in [3.05, 3.63) is 48.1 Å². The Labute approximate surface area is 128 Å². The molecule has 0 aliphatic carbocycles. The van der Waals surface area contributed by atoms with Crippen molar-refractivity contribution in [2.24, 2.45) is 0 Å².